The maximum Gasteiger partial charge on any atom is 0.267 e. The highest BCUT2D eigenvalue weighted by Crippen LogP contribution is 2.39. The van der Waals surface area contributed by atoms with Gasteiger partial charge in [0.15, 0.2) is 11.5 Å². The van der Waals surface area contributed by atoms with Crippen LogP contribution in [0, 0.1) is 0 Å². The van der Waals surface area contributed by atoms with Gasteiger partial charge in [-0.15, -0.1) is 10.2 Å². The van der Waals surface area contributed by atoms with Crippen LogP contribution in [-0.4, -0.2) is 59.5 Å². The zero-order valence-corrected chi connectivity index (χ0v) is 17.4. The second kappa shape index (κ2) is 9.08. The first-order chi connectivity index (χ1) is 14.7. The Kier molecular flexibility index (Phi) is 6.08. The highest BCUT2D eigenvalue weighted by molar-refractivity contribution is 5.53. The van der Waals surface area contributed by atoms with E-state index in [4.69, 9.17) is 18.6 Å². The van der Waals surface area contributed by atoms with Gasteiger partial charge in [0.1, 0.15) is 5.69 Å². The Bertz CT molecular complexity index is 954. The van der Waals surface area contributed by atoms with E-state index in [1.165, 1.54) is 0 Å². The number of piperidine rings is 1. The van der Waals surface area contributed by atoms with E-state index in [2.05, 4.69) is 25.1 Å². The van der Waals surface area contributed by atoms with E-state index in [1.807, 2.05) is 12.1 Å². The first-order valence-corrected chi connectivity index (χ1v) is 9.82. The fraction of sp³-hybridized carbons (Fsp3) is 0.429. The molecule has 9 nitrogen and oxygen atoms in total. The van der Waals surface area contributed by atoms with Gasteiger partial charge in [0.25, 0.3) is 5.89 Å². The second-order valence-corrected chi connectivity index (χ2v) is 7.14. The lowest BCUT2D eigenvalue weighted by atomic mass is 9.97. The molecule has 9 heteroatoms. The quantitative estimate of drug-likeness (QED) is 0.581. The van der Waals surface area contributed by atoms with Crippen LogP contribution in [0.2, 0.25) is 0 Å². The van der Waals surface area contributed by atoms with Crippen molar-refractivity contribution in [3.8, 4) is 28.8 Å². The summed E-state index contributed by atoms with van der Waals surface area (Å²) in [6.07, 6.45) is 6.91. The number of nitrogens with zero attached hydrogens (tertiary/aromatic N) is 5. The summed E-state index contributed by atoms with van der Waals surface area (Å²) in [4.78, 5) is 10.7. The van der Waals surface area contributed by atoms with Crippen LogP contribution in [-0.2, 0) is 6.54 Å². The molecule has 0 saturated carbocycles. The highest BCUT2D eigenvalue weighted by Gasteiger charge is 2.27. The van der Waals surface area contributed by atoms with Crippen LogP contribution in [0.1, 0.15) is 30.2 Å². The summed E-state index contributed by atoms with van der Waals surface area (Å²) in [5.41, 5.74) is 1.68. The molecule has 1 fully saturated rings. The molecular formula is C21H25N5O4. The number of likely N-dealkylation sites (tertiary alicyclic amines) is 1. The zero-order valence-electron chi connectivity index (χ0n) is 17.4. The van der Waals surface area contributed by atoms with E-state index < -0.39 is 0 Å². The lowest BCUT2D eigenvalue weighted by Crippen LogP contribution is -2.34. The predicted octanol–water partition coefficient (Wildman–Crippen LogP) is 2.93. The van der Waals surface area contributed by atoms with Gasteiger partial charge in [-0.05, 0) is 37.1 Å². The Morgan fingerprint density at radius 3 is 2.53 bits per heavy atom. The molecule has 4 rings (SSSR count). The van der Waals surface area contributed by atoms with Crippen LogP contribution in [0.15, 0.2) is 35.1 Å². The fourth-order valence-corrected chi connectivity index (χ4v) is 3.80. The maximum absolute atomic E-state index is 5.90. The Morgan fingerprint density at radius 2 is 1.87 bits per heavy atom. The van der Waals surface area contributed by atoms with Crippen LogP contribution in [0.5, 0.6) is 17.2 Å². The van der Waals surface area contributed by atoms with E-state index in [-0.39, 0.29) is 5.92 Å². The number of aromatic nitrogens is 4. The molecule has 3 heterocycles. The number of methoxy groups -OCH3 is 3. The Hall–Kier alpha value is -3.20. The van der Waals surface area contributed by atoms with E-state index in [1.54, 1.807) is 39.9 Å². The third-order valence-corrected chi connectivity index (χ3v) is 5.21. The first-order valence-electron chi connectivity index (χ1n) is 9.82. The minimum atomic E-state index is 0.179. The largest absolute Gasteiger partial charge is 0.493 e. The smallest absolute Gasteiger partial charge is 0.267 e. The molecule has 0 spiro atoms. The van der Waals surface area contributed by atoms with Crippen molar-refractivity contribution in [1.82, 2.24) is 25.1 Å². The molecule has 0 N–H and O–H groups in total. The fourth-order valence-electron chi connectivity index (χ4n) is 3.80. The van der Waals surface area contributed by atoms with Gasteiger partial charge < -0.3 is 18.6 Å². The second-order valence-electron chi connectivity index (χ2n) is 7.14. The van der Waals surface area contributed by atoms with Crippen LogP contribution in [0.25, 0.3) is 11.6 Å². The molecule has 0 bridgehead atoms. The summed E-state index contributed by atoms with van der Waals surface area (Å²) in [7, 11) is 4.86. The molecule has 1 aliphatic heterocycles. The normalized spacial score (nSPS) is 17.0. The average molecular weight is 411 g/mol. The SMILES string of the molecule is COc1cc(CN2CCC[C@H](c3nnc(-c4cnccn4)o3)C2)cc(OC)c1OC. The van der Waals surface area contributed by atoms with E-state index >= 15 is 0 Å². The molecule has 1 saturated heterocycles. The van der Waals surface area contributed by atoms with Crippen LogP contribution in [0.3, 0.4) is 0 Å². The topological polar surface area (TPSA) is 95.6 Å². The highest BCUT2D eigenvalue weighted by atomic mass is 16.5. The molecule has 0 unspecified atom stereocenters. The molecule has 0 amide bonds. The Morgan fingerprint density at radius 1 is 1.07 bits per heavy atom. The van der Waals surface area contributed by atoms with Crippen molar-refractivity contribution in [2.45, 2.75) is 25.3 Å². The van der Waals surface area contributed by atoms with Crippen molar-refractivity contribution in [2.75, 3.05) is 34.4 Å². The maximum atomic E-state index is 5.90. The minimum Gasteiger partial charge on any atom is -0.493 e. The van der Waals surface area contributed by atoms with Gasteiger partial charge >= 0.3 is 0 Å². The summed E-state index contributed by atoms with van der Waals surface area (Å²) >= 11 is 0. The molecule has 158 valence electrons. The van der Waals surface area contributed by atoms with Crippen molar-refractivity contribution >= 4 is 0 Å². The van der Waals surface area contributed by atoms with Gasteiger partial charge in [-0.25, -0.2) is 4.98 Å². The Labute approximate surface area is 175 Å². The monoisotopic (exact) mass is 411 g/mol. The number of hydrogen-bond donors (Lipinski definition) is 0. The summed E-state index contributed by atoms with van der Waals surface area (Å²) < 4.78 is 22.3. The van der Waals surface area contributed by atoms with Gasteiger partial charge in [-0.1, -0.05) is 0 Å². The molecule has 30 heavy (non-hydrogen) atoms. The van der Waals surface area contributed by atoms with E-state index in [9.17, 15) is 0 Å². The minimum absolute atomic E-state index is 0.179. The molecule has 2 aromatic heterocycles. The van der Waals surface area contributed by atoms with Crippen molar-refractivity contribution in [1.29, 1.82) is 0 Å². The summed E-state index contributed by atoms with van der Waals surface area (Å²) in [6, 6.07) is 3.98. The summed E-state index contributed by atoms with van der Waals surface area (Å²) in [5, 5.41) is 8.42. The molecule has 1 aliphatic rings. The van der Waals surface area contributed by atoms with Gasteiger partial charge in [-0.2, -0.15) is 0 Å². The van der Waals surface area contributed by atoms with E-state index in [0.29, 0.717) is 34.7 Å². The van der Waals surface area contributed by atoms with Crippen molar-refractivity contribution in [2.24, 2.45) is 0 Å². The molecule has 3 aromatic rings. The molecule has 1 aromatic carbocycles. The lowest BCUT2D eigenvalue weighted by molar-refractivity contribution is 0.186. The van der Waals surface area contributed by atoms with Gasteiger partial charge in [-0.3, -0.25) is 9.88 Å². The van der Waals surface area contributed by atoms with Crippen LogP contribution < -0.4 is 14.2 Å². The summed E-state index contributed by atoms with van der Waals surface area (Å²) in [6.45, 7) is 2.59. The number of hydrogen-bond acceptors (Lipinski definition) is 9. The Balaban J connectivity index is 1.48. The van der Waals surface area contributed by atoms with Gasteiger partial charge in [0.05, 0.1) is 33.4 Å². The average Bonchev–Trinajstić information content (AvgIpc) is 3.29. The van der Waals surface area contributed by atoms with Gasteiger partial charge in [0, 0.05) is 25.5 Å². The summed E-state index contributed by atoms with van der Waals surface area (Å²) in [5.74, 6) is 3.14. The lowest BCUT2D eigenvalue weighted by Gasteiger charge is -2.31. The zero-order chi connectivity index (χ0) is 20.9. The molecule has 0 radical (unpaired) electrons. The third-order valence-electron chi connectivity index (χ3n) is 5.21. The molecule has 0 aliphatic carbocycles. The predicted molar refractivity (Wildman–Crippen MR) is 109 cm³/mol. The number of benzene rings is 1. The van der Waals surface area contributed by atoms with E-state index in [0.717, 1.165) is 38.0 Å². The van der Waals surface area contributed by atoms with Gasteiger partial charge in [0.2, 0.25) is 11.6 Å². The number of rotatable bonds is 7. The van der Waals surface area contributed by atoms with Crippen molar-refractivity contribution in [3.05, 3.63) is 42.2 Å². The molecular weight excluding hydrogens is 386 g/mol. The van der Waals surface area contributed by atoms with Crippen molar-refractivity contribution < 1.29 is 18.6 Å². The van der Waals surface area contributed by atoms with Crippen molar-refractivity contribution in [3.63, 3.8) is 0 Å². The molecule has 1 atom stereocenters. The standard InChI is InChI=1S/C21H25N5O4/c1-27-17-9-14(10-18(28-2)19(17)29-3)12-26-8-4-5-15(13-26)20-24-25-21(30-20)16-11-22-6-7-23-16/h6-7,9-11,15H,4-5,8,12-13H2,1-3H3/t15-/m0/s1. The van der Waals surface area contributed by atoms with Crippen LogP contribution >= 0.6 is 0 Å². The third kappa shape index (κ3) is 4.20. The number of ether oxygens (including phenoxy) is 3. The first kappa shape index (κ1) is 20.1. The van der Waals surface area contributed by atoms with Crippen LogP contribution in [0.4, 0.5) is 0 Å².